The summed E-state index contributed by atoms with van der Waals surface area (Å²) in [6, 6.07) is 15.8. The standard InChI is InChI=1S/C28H32F2N2O3/c1-19(2)31-14-10-21(11-15-31)34-22-8-9-23-24(18-22)35-26(25(23)20-6-4-3-5-7-20)27(33)32-16-12-28(29,30)13-17-32/h3-9,18-19,21H,10-17H2,1-2H3. The van der Waals surface area contributed by atoms with Crippen LogP contribution in [0.1, 0.15) is 50.1 Å². The lowest BCUT2D eigenvalue weighted by Gasteiger charge is -2.34. The Morgan fingerprint density at radius 2 is 1.71 bits per heavy atom. The van der Waals surface area contributed by atoms with Crippen LogP contribution in [0.5, 0.6) is 5.75 Å². The number of amides is 1. The first-order valence-electron chi connectivity index (χ1n) is 12.5. The first-order chi connectivity index (χ1) is 16.8. The Bertz CT molecular complexity index is 1170. The second-order valence-electron chi connectivity index (χ2n) is 9.93. The smallest absolute Gasteiger partial charge is 0.290 e. The van der Waals surface area contributed by atoms with Gasteiger partial charge < -0.3 is 19.0 Å². The van der Waals surface area contributed by atoms with Crippen molar-refractivity contribution in [3.05, 3.63) is 54.3 Å². The predicted molar refractivity (Wildman–Crippen MR) is 132 cm³/mol. The molecule has 0 bridgehead atoms. The number of rotatable bonds is 5. The topological polar surface area (TPSA) is 45.9 Å². The predicted octanol–water partition coefficient (Wildman–Crippen LogP) is 6.22. The number of nitrogens with zero attached hydrogens (tertiary/aromatic N) is 2. The third-order valence-electron chi connectivity index (χ3n) is 7.21. The maximum absolute atomic E-state index is 13.7. The molecule has 5 nitrogen and oxygen atoms in total. The van der Waals surface area contributed by atoms with E-state index in [1.807, 2.05) is 48.5 Å². The van der Waals surface area contributed by atoms with Gasteiger partial charge in [-0.25, -0.2) is 8.78 Å². The molecule has 35 heavy (non-hydrogen) atoms. The molecule has 5 rings (SSSR count). The lowest BCUT2D eigenvalue weighted by Crippen LogP contribution is -2.42. The number of furan rings is 1. The first-order valence-corrected chi connectivity index (χ1v) is 12.5. The van der Waals surface area contributed by atoms with E-state index in [4.69, 9.17) is 9.15 Å². The Labute approximate surface area is 204 Å². The number of hydrogen-bond acceptors (Lipinski definition) is 4. The molecule has 3 aromatic rings. The first kappa shape index (κ1) is 23.8. The molecule has 0 aliphatic carbocycles. The zero-order valence-electron chi connectivity index (χ0n) is 20.3. The highest BCUT2D eigenvalue weighted by Gasteiger charge is 2.37. The molecule has 0 unspecified atom stereocenters. The number of hydrogen-bond donors (Lipinski definition) is 0. The van der Waals surface area contributed by atoms with E-state index in [1.54, 1.807) is 0 Å². The summed E-state index contributed by atoms with van der Waals surface area (Å²) in [5.74, 6) is -2.16. The van der Waals surface area contributed by atoms with Crippen molar-refractivity contribution in [1.29, 1.82) is 0 Å². The van der Waals surface area contributed by atoms with Gasteiger partial charge >= 0.3 is 0 Å². The summed E-state index contributed by atoms with van der Waals surface area (Å²) in [6.45, 7) is 6.48. The largest absolute Gasteiger partial charge is 0.490 e. The number of carbonyl (C=O) groups is 1. The van der Waals surface area contributed by atoms with E-state index in [9.17, 15) is 13.6 Å². The van der Waals surface area contributed by atoms with Crippen LogP contribution >= 0.6 is 0 Å². The SMILES string of the molecule is CC(C)N1CCC(Oc2ccc3c(-c4ccccc4)c(C(=O)N4CCC(F)(F)CC4)oc3c2)CC1. The highest BCUT2D eigenvalue weighted by molar-refractivity contribution is 6.08. The lowest BCUT2D eigenvalue weighted by molar-refractivity contribution is -0.0498. The van der Waals surface area contributed by atoms with Gasteiger partial charge in [-0.2, -0.15) is 0 Å². The quantitative estimate of drug-likeness (QED) is 0.433. The fourth-order valence-electron chi connectivity index (χ4n) is 5.08. The molecule has 2 aliphatic rings. The van der Waals surface area contributed by atoms with Crippen LogP contribution in [-0.4, -0.2) is 60.0 Å². The summed E-state index contributed by atoms with van der Waals surface area (Å²) in [5.41, 5.74) is 2.11. The van der Waals surface area contributed by atoms with Crippen LogP contribution < -0.4 is 4.74 Å². The fraction of sp³-hybridized carbons (Fsp3) is 0.464. The Hall–Kier alpha value is -2.93. The lowest BCUT2D eigenvalue weighted by atomic mass is 10.0. The number of likely N-dealkylation sites (tertiary alicyclic amines) is 2. The Morgan fingerprint density at radius 3 is 2.37 bits per heavy atom. The molecule has 1 aromatic heterocycles. The van der Waals surface area contributed by atoms with Gasteiger partial charge in [-0.05, 0) is 44.4 Å². The van der Waals surface area contributed by atoms with Crippen molar-refractivity contribution >= 4 is 16.9 Å². The number of ether oxygens (including phenoxy) is 1. The number of halogens is 2. The normalized spacial score (nSPS) is 19.4. The second-order valence-corrected chi connectivity index (χ2v) is 9.93. The minimum atomic E-state index is -2.72. The minimum Gasteiger partial charge on any atom is -0.490 e. The summed E-state index contributed by atoms with van der Waals surface area (Å²) >= 11 is 0. The third kappa shape index (κ3) is 5.06. The summed E-state index contributed by atoms with van der Waals surface area (Å²) in [6.07, 6.45) is 1.42. The highest BCUT2D eigenvalue weighted by atomic mass is 19.3. The van der Waals surface area contributed by atoms with Crippen LogP contribution in [0, 0.1) is 0 Å². The van der Waals surface area contributed by atoms with Crippen molar-refractivity contribution < 1.29 is 22.7 Å². The van der Waals surface area contributed by atoms with Crippen LogP contribution in [0.25, 0.3) is 22.1 Å². The van der Waals surface area contributed by atoms with Gasteiger partial charge in [-0.15, -0.1) is 0 Å². The fourth-order valence-corrected chi connectivity index (χ4v) is 5.08. The van der Waals surface area contributed by atoms with Crippen LogP contribution in [0.3, 0.4) is 0 Å². The molecule has 2 aromatic carbocycles. The Balaban J connectivity index is 1.43. The molecule has 7 heteroatoms. The van der Waals surface area contributed by atoms with Crippen LogP contribution in [0.15, 0.2) is 52.9 Å². The zero-order valence-corrected chi connectivity index (χ0v) is 20.3. The molecular weight excluding hydrogens is 450 g/mol. The number of piperidine rings is 2. The summed E-state index contributed by atoms with van der Waals surface area (Å²) in [5, 5.41) is 0.809. The van der Waals surface area contributed by atoms with Crippen molar-refractivity contribution in [2.45, 2.75) is 57.6 Å². The van der Waals surface area contributed by atoms with Crippen LogP contribution in [-0.2, 0) is 0 Å². The van der Waals surface area contributed by atoms with Crippen molar-refractivity contribution in [1.82, 2.24) is 9.80 Å². The van der Waals surface area contributed by atoms with Crippen molar-refractivity contribution in [2.75, 3.05) is 26.2 Å². The molecule has 3 heterocycles. The summed E-state index contributed by atoms with van der Waals surface area (Å²) < 4.78 is 39.8. The molecule has 2 saturated heterocycles. The molecule has 2 aliphatic heterocycles. The van der Waals surface area contributed by atoms with Gasteiger partial charge in [-0.3, -0.25) is 4.79 Å². The Kier molecular flexibility index (Phi) is 6.53. The van der Waals surface area contributed by atoms with E-state index in [-0.39, 0.29) is 43.7 Å². The zero-order chi connectivity index (χ0) is 24.6. The molecule has 186 valence electrons. The summed E-state index contributed by atoms with van der Waals surface area (Å²) in [4.78, 5) is 17.3. The Morgan fingerprint density at radius 1 is 1.03 bits per heavy atom. The van der Waals surface area contributed by atoms with Crippen LogP contribution in [0.4, 0.5) is 8.78 Å². The van der Waals surface area contributed by atoms with Gasteiger partial charge in [0.15, 0.2) is 0 Å². The van der Waals surface area contributed by atoms with Gasteiger partial charge in [0.05, 0.1) is 0 Å². The molecule has 0 atom stereocenters. The average Bonchev–Trinajstić information content (AvgIpc) is 3.23. The number of benzene rings is 2. The third-order valence-corrected chi connectivity index (χ3v) is 7.21. The maximum atomic E-state index is 13.7. The van der Waals surface area contributed by atoms with E-state index in [0.717, 1.165) is 36.9 Å². The number of fused-ring (bicyclic) bond motifs is 1. The maximum Gasteiger partial charge on any atom is 0.290 e. The van der Waals surface area contributed by atoms with Crippen molar-refractivity contribution in [2.24, 2.45) is 0 Å². The molecular formula is C28H32F2N2O3. The van der Waals surface area contributed by atoms with Crippen molar-refractivity contribution in [3.8, 4) is 16.9 Å². The average molecular weight is 483 g/mol. The van der Waals surface area contributed by atoms with Gasteiger partial charge in [0.25, 0.3) is 11.8 Å². The molecule has 2 fully saturated rings. The van der Waals surface area contributed by atoms with E-state index < -0.39 is 5.92 Å². The highest BCUT2D eigenvalue weighted by Crippen LogP contribution is 2.38. The van der Waals surface area contributed by atoms with Gasteiger partial charge in [0.2, 0.25) is 5.76 Å². The van der Waals surface area contributed by atoms with E-state index in [0.29, 0.717) is 22.9 Å². The van der Waals surface area contributed by atoms with E-state index in [1.165, 1.54) is 4.90 Å². The van der Waals surface area contributed by atoms with E-state index in [2.05, 4.69) is 18.7 Å². The van der Waals surface area contributed by atoms with Crippen molar-refractivity contribution in [3.63, 3.8) is 0 Å². The monoisotopic (exact) mass is 482 g/mol. The van der Waals surface area contributed by atoms with Gasteiger partial charge in [0.1, 0.15) is 17.4 Å². The molecule has 0 spiro atoms. The molecule has 1 amide bonds. The van der Waals surface area contributed by atoms with E-state index >= 15 is 0 Å². The van der Waals surface area contributed by atoms with Gasteiger partial charge in [-0.1, -0.05) is 30.3 Å². The summed E-state index contributed by atoms with van der Waals surface area (Å²) in [7, 11) is 0. The number of carbonyl (C=O) groups excluding carboxylic acids is 1. The molecule has 0 N–H and O–H groups in total. The second kappa shape index (κ2) is 9.61. The van der Waals surface area contributed by atoms with Gasteiger partial charge in [0, 0.05) is 62.1 Å². The molecule has 0 saturated carbocycles. The van der Waals surface area contributed by atoms with Crippen LogP contribution in [0.2, 0.25) is 0 Å². The minimum absolute atomic E-state index is 0.0144. The molecule has 0 radical (unpaired) electrons. The number of alkyl halides is 2.